The summed E-state index contributed by atoms with van der Waals surface area (Å²) in [5.74, 6) is 0.229. The molecule has 1 aliphatic heterocycles. The van der Waals surface area contributed by atoms with Gasteiger partial charge >= 0.3 is 6.03 Å². The van der Waals surface area contributed by atoms with Crippen molar-refractivity contribution in [2.75, 3.05) is 53.4 Å². The number of likely N-dealkylation sites (tertiary alicyclic amines) is 1. The summed E-state index contributed by atoms with van der Waals surface area (Å²) in [5.41, 5.74) is 1.28. The molecule has 0 bridgehead atoms. The van der Waals surface area contributed by atoms with E-state index in [0.717, 1.165) is 43.1 Å². The molecule has 1 aromatic rings. The standard InChI is InChI=1S/C28H45N5O3/c1-22(34)29-16-17-30-26(35)20-32(27(36)31-19-23-9-8-10-23)21-28(2)14-13-25(33(3,4)18-15-28)24-11-6-5-7-12-24/h5-7,11-12,23,25H,8-10,13-21H2,1-4H3,(H2-,29,30,31,34,35,36)/p+1/t25-,28?/m1/s1. The van der Waals surface area contributed by atoms with E-state index in [1.54, 1.807) is 4.90 Å². The third-order valence-electron chi connectivity index (χ3n) is 8.12. The number of rotatable bonds is 10. The van der Waals surface area contributed by atoms with Crippen LogP contribution < -0.4 is 16.0 Å². The first-order valence-corrected chi connectivity index (χ1v) is 13.5. The van der Waals surface area contributed by atoms with Gasteiger partial charge in [0.1, 0.15) is 12.6 Å². The molecule has 1 saturated heterocycles. The van der Waals surface area contributed by atoms with Gasteiger partial charge in [-0.25, -0.2) is 4.79 Å². The maximum absolute atomic E-state index is 13.2. The Balaban J connectivity index is 1.66. The van der Waals surface area contributed by atoms with Gasteiger partial charge in [-0.2, -0.15) is 0 Å². The molecule has 2 atom stereocenters. The highest BCUT2D eigenvalue weighted by Crippen LogP contribution is 2.41. The van der Waals surface area contributed by atoms with Gasteiger partial charge in [0, 0.05) is 51.5 Å². The highest BCUT2D eigenvalue weighted by atomic mass is 16.2. The normalized spacial score (nSPS) is 23.6. The van der Waals surface area contributed by atoms with Gasteiger partial charge in [0.2, 0.25) is 11.8 Å². The van der Waals surface area contributed by atoms with E-state index in [9.17, 15) is 14.4 Å². The van der Waals surface area contributed by atoms with Gasteiger partial charge in [0.25, 0.3) is 0 Å². The molecule has 2 fully saturated rings. The summed E-state index contributed by atoms with van der Waals surface area (Å²) in [6.07, 6.45) is 6.57. The number of amides is 4. The van der Waals surface area contributed by atoms with Gasteiger partial charge < -0.3 is 25.3 Å². The van der Waals surface area contributed by atoms with E-state index in [2.05, 4.69) is 67.3 Å². The van der Waals surface area contributed by atoms with Crippen molar-refractivity contribution in [3.05, 3.63) is 35.9 Å². The molecule has 4 amide bonds. The number of hydrogen-bond acceptors (Lipinski definition) is 3. The second-order valence-corrected chi connectivity index (χ2v) is 11.7. The zero-order chi connectivity index (χ0) is 26.2. The zero-order valence-corrected chi connectivity index (χ0v) is 22.6. The Labute approximate surface area is 216 Å². The highest BCUT2D eigenvalue weighted by Gasteiger charge is 2.40. The first-order valence-electron chi connectivity index (χ1n) is 13.5. The predicted octanol–water partition coefficient (Wildman–Crippen LogP) is 3.06. The van der Waals surface area contributed by atoms with E-state index in [1.165, 1.54) is 18.9 Å². The summed E-state index contributed by atoms with van der Waals surface area (Å²) in [4.78, 5) is 38.7. The molecule has 200 valence electrons. The Kier molecular flexibility index (Phi) is 9.77. The highest BCUT2D eigenvalue weighted by molar-refractivity contribution is 5.84. The Morgan fingerprint density at radius 2 is 1.69 bits per heavy atom. The first kappa shape index (κ1) is 28.0. The number of nitrogens with zero attached hydrogens (tertiary/aromatic N) is 2. The quantitative estimate of drug-likeness (QED) is 0.341. The van der Waals surface area contributed by atoms with Crippen molar-refractivity contribution in [3.63, 3.8) is 0 Å². The largest absolute Gasteiger partial charge is 0.355 e. The maximum atomic E-state index is 13.2. The van der Waals surface area contributed by atoms with Crippen LogP contribution in [0.1, 0.15) is 64.0 Å². The smallest absolute Gasteiger partial charge is 0.317 e. The molecule has 2 aliphatic rings. The van der Waals surface area contributed by atoms with E-state index in [4.69, 9.17) is 0 Å². The van der Waals surface area contributed by atoms with Gasteiger partial charge in [-0.15, -0.1) is 0 Å². The Hall–Kier alpha value is -2.61. The summed E-state index contributed by atoms with van der Waals surface area (Å²) in [5, 5.41) is 8.61. The molecule has 36 heavy (non-hydrogen) atoms. The van der Waals surface area contributed by atoms with Crippen LogP contribution in [0.3, 0.4) is 0 Å². The second kappa shape index (κ2) is 12.6. The van der Waals surface area contributed by atoms with Crippen molar-refractivity contribution in [3.8, 4) is 0 Å². The third kappa shape index (κ3) is 8.22. The topological polar surface area (TPSA) is 90.5 Å². The number of hydrogen-bond donors (Lipinski definition) is 3. The molecule has 1 aromatic carbocycles. The summed E-state index contributed by atoms with van der Waals surface area (Å²) >= 11 is 0. The molecule has 1 unspecified atom stereocenters. The summed E-state index contributed by atoms with van der Waals surface area (Å²) in [7, 11) is 4.60. The third-order valence-corrected chi connectivity index (χ3v) is 8.12. The van der Waals surface area contributed by atoms with Crippen LogP contribution in [0.2, 0.25) is 0 Å². The van der Waals surface area contributed by atoms with Crippen molar-refractivity contribution in [2.24, 2.45) is 11.3 Å². The molecular weight excluding hydrogens is 454 g/mol. The van der Waals surface area contributed by atoms with Crippen molar-refractivity contribution in [1.29, 1.82) is 0 Å². The predicted molar refractivity (Wildman–Crippen MR) is 142 cm³/mol. The second-order valence-electron chi connectivity index (χ2n) is 11.7. The number of quaternary nitrogens is 1. The number of carbonyl (C=O) groups excluding carboxylic acids is 3. The number of benzene rings is 1. The summed E-state index contributed by atoms with van der Waals surface area (Å²) in [6.45, 7) is 6.69. The fourth-order valence-electron chi connectivity index (χ4n) is 5.45. The molecule has 1 aliphatic carbocycles. The van der Waals surface area contributed by atoms with E-state index in [0.29, 0.717) is 38.1 Å². The lowest BCUT2D eigenvalue weighted by Crippen LogP contribution is -2.51. The minimum atomic E-state index is -0.199. The lowest BCUT2D eigenvalue weighted by molar-refractivity contribution is -0.920. The van der Waals surface area contributed by atoms with Crippen molar-refractivity contribution in [1.82, 2.24) is 20.9 Å². The average molecular weight is 501 g/mol. The minimum absolute atomic E-state index is 0.0204. The van der Waals surface area contributed by atoms with E-state index >= 15 is 0 Å². The van der Waals surface area contributed by atoms with Gasteiger partial charge in [-0.3, -0.25) is 9.59 Å². The molecule has 3 rings (SSSR count). The van der Waals surface area contributed by atoms with Crippen LogP contribution in [0.15, 0.2) is 30.3 Å². The summed E-state index contributed by atoms with van der Waals surface area (Å²) < 4.78 is 0.914. The Morgan fingerprint density at radius 1 is 1.00 bits per heavy atom. The molecule has 3 N–H and O–H groups in total. The molecule has 8 heteroatoms. The zero-order valence-electron chi connectivity index (χ0n) is 22.6. The molecule has 1 heterocycles. The lowest BCUT2D eigenvalue weighted by Gasteiger charge is -2.37. The maximum Gasteiger partial charge on any atom is 0.317 e. The van der Waals surface area contributed by atoms with Gasteiger partial charge in [0.05, 0.1) is 20.6 Å². The van der Waals surface area contributed by atoms with Crippen LogP contribution in [-0.4, -0.2) is 80.6 Å². The SMILES string of the molecule is CC(=O)NCCNC(=O)CN(CC1(C)CC[C@H](c2ccccc2)[N+](C)(C)CC1)C(=O)NCC1CCC1. The number of carbonyl (C=O) groups is 3. The minimum Gasteiger partial charge on any atom is -0.355 e. The fourth-order valence-corrected chi connectivity index (χ4v) is 5.45. The van der Waals surface area contributed by atoms with Gasteiger partial charge in [-0.05, 0) is 30.6 Å². The van der Waals surface area contributed by atoms with Crippen LogP contribution in [0.25, 0.3) is 0 Å². The van der Waals surface area contributed by atoms with Crippen molar-refractivity contribution >= 4 is 17.8 Å². The van der Waals surface area contributed by atoms with Crippen molar-refractivity contribution < 1.29 is 18.9 Å². The van der Waals surface area contributed by atoms with Crippen LogP contribution in [0.4, 0.5) is 4.79 Å². The molecule has 1 saturated carbocycles. The Bertz CT molecular complexity index is 886. The average Bonchev–Trinajstić information content (AvgIpc) is 2.91. The van der Waals surface area contributed by atoms with Crippen molar-refractivity contribution in [2.45, 2.75) is 58.4 Å². The molecule has 0 aromatic heterocycles. The van der Waals surface area contributed by atoms with E-state index in [1.807, 2.05) is 0 Å². The molecule has 0 radical (unpaired) electrons. The van der Waals surface area contributed by atoms with E-state index < -0.39 is 0 Å². The number of nitrogens with one attached hydrogen (secondary N) is 3. The number of urea groups is 1. The molecular formula is C28H46N5O3+. The first-order chi connectivity index (χ1) is 17.1. The Morgan fingerprint density at radius 3 is 2.33 bits per heavy atom. The molecule has 0 spiro atoms. The van der Waals surface area contributed by atoms with Crippen LogP contribution in [-0.2, 0) is 9.59 Å². The van der Waals surface area contributed by atoms with Crippen LogP contribution in [0, 0.1) is 11.3 Å². The van der Waals surface area contributed by atoms with E-state index in [-0.39, 0.29) is 29.8 Å². The van der Waals surface area contributed by atoms with Gasteiger partial charge in [0.15, 0.2) is 0 Å². The molecule has 8 nitrogen and oxygen atoms in total. The van der Waals surface area contributed by atoms with Gasteiger partial charge in [-0.1, -0.05) is 43.7 Å². The fraction of sp³-hybridized carbons (Fsp3) is 0.679. The summed E-state index contributed by atoms with van der Waals surface area (Å²) in [6, 6.07) is 11.0. The monoisotopic (exact) mass is 500 g/mol. The van der Waals surface area contributed by atoms with Crippen LogP contribution in [0.5, 0.6) is 0 Å². The van der Waals surface area contributed by atoms with Crippen LogP contribution >= 0.6 is 0 Å². The lowest BCUT2D eigenvalue weighted by atomic mass is 9.81.